The number of benzene rings is 2. The summed E-state index contributed by atoms with van der Waals surface area (Å²) in [5.74, 6) is -0.671. The highest BCUT2D eigenvalue weighted by Gasteiger charge is 2.22. The minimum Gasteiger partial charge on any atom is -0.490 e. The Morgan fingerprint density at radius 1 is 1.23 bits per heavy atom. The standard InChI is InChI=1S/C13H11FN2O5S/c1-21-13-6-5-11(8-12(13)16(17)18)22(19,20)15-10-4-2-3-9(14)7-10/h2-8,15H,1H3. The average Bonchev–Trinajstić information content (AvgIpc) is 2.46. The van der Waals surface area contributed by atoms with Crippen molar-refractivity contribution in [3.8, 4) is 5.75 Å². The molecule has 9 heteroatoms. The molecule has 2 rings (SSSR count). The highest BCUT2D eigenvalue weighted by molar-refractivity contribution is 7.92. The van der Waals surface area contributed by atoms with E-state index in [4.69, 9.17) is 4.74 Å². The molecule has 0 unspecified atom stereocenters. The van der Waals surface area contributed by atoms with Gasteiger partial charge in [0.2, 0.25) is 0 Å². The van der Waals surface area contributed by atoms with Crippen molar-refractivity contribution in [1.29, 1.82) is 0 Å². The molecule has 7 nitrogen and oxygen atoms in total. The number of hydrogen-bond acceptors (Lipinski definition) is 5. The zero-order chi connectivity index (χ0) is 16.3. The van der Waals surface area contributed by atoms with Crippen molar-refractivity contribution in [3.05, 3.63) is 58.4 Å². The number of sulfonamides is 1. The third-order valence-electron chi connectivity index (χ3n) is 2.73. The Labute approximate surface area is 125 Å². The molecule has 0 aliphatic heterocycles. The molecule has 22 heavy (non-hydrogen) atoms. The molecule has 2 aromatic carbocycles. The first-order chi connectivity index (χ1) is 10.3. The Morgan fingerprint density at radius 3 is 2.55 bits per heavy atom. The van der Waals surface area contributed by atoms with Gasteiger partial charge in [0, 0.05) is 6.07 Å². The van der Waals surface area contributed by atoms with Crippen LogP contribution in [0, 0.1) is 15.9 Å². The minimum atomic E-state index is -4.09. The molecule has 0 atom stereocenters. The predicted molar refractivity (Wildman–Crippen MR) is 76.9 cm³/mol. The number of rotatable bonds is 5. The lowest BCUT2D eigenvalue weighted by Crippen LogP contribution is -2.13. The largest absolute Gasteiger partial charge is 0.490 e. The van der Waals surface area contributed by atoms with Gasteiger partial charge in [-0.3, -0.25) is 14.8 Å². The van der Waals surface area contributed by atoms with E-state index in [-0.39, 0.29) is 16.3 Å². The van der Waals surface area contributed by atoms with Crippen LogP contribution in [0.1, 0.15) is 0 Å². The summed E-state index contributed by atoms with van der Waals surface area (Å²) in [6.45, 7) is 0. The normalized spacial score (nSPS) is 11.0. The topological polar surface area (TPSA) is 98.5 Å². The van der Waals surface area contributed by atoms with E-state index in [2.05, 4.69) is 4.72 Å². The van der Waals surface area contributed by atoms with Crippen LogP contribution in [-0.4, -0.2) is 20.5 Å². The molecule has 0 bridgehead atoms. The fraction of sp³-hybridized carbons (Fsp3) is 0.0769. The van der Waals surface area contributed by atoms with Gasteiger partial charge in [-0.15, -0.1) is 0 Å². The second kappa shape index (κ2) is 5.98. The molecule has 0 spiro atoms. The number of anilines is 1. The Hall–Kier alpha value is -2.68. The fourth-order valence-corrected chi connectivity index (χ4v) is 2.81. The first-order valence-electron chi connectivity index (χ1n) is 5.94. The van der Waals surface area contributed by atoms with Gasteiger partial charge >= 0.3 is 5.69 Å². The molecular formula is C13H11FN2O5S. The highest BCUT2D eigenvalue weighted by atomic mass is 32.2. The summed E-state index contributed by atoms with van der Waals surface area (Å²) < 4.78 is 44.4. The quantitative estimate of drug-likeness (QED) is 0.672. The smallest absolute Gasteiger partial charge is 0.312 e. The predicted octanol–water partition coefficient (Wildman–Crippen LogP) is 2.54. The minimum absolute atomic E-state index is 0.0125. The third kappa shape index (κ3) is 3.31. The van der Waals surface area contributed by atoms with Gasteiger partial charge in [-0.05, 0) is 30.3 Å². The second-order valence-electron chi connectivity index (χ2n) is 4.21. The fourth-order valence-electron chi connectivity index (χ4n) is 1.75. The maximum absolute atomic E-state index is 13.1. The van der Waals surface area contributed by atoms with E-state index in [1.807, 2.05) is 0 Å². The van der Waals surface area contributed by atoms with Crippen LogP contribution in [0.15, 0.2) is 47.4 Å². The molecule has 0 heterocycles. The van der Waals surface area contributed by atoms with Crippen molar-refractivity contribution in [3.63, 3.8) is 0 Å². The molecule has 0 radical (unpaired) electrons. The van der Waals surface area contributed by atoms with Crippen LogP contribution in [0.2, 0.25) is 0 Å². The van der Waals surface area contributed by atoms with Crippen LogP contribution in [0.5, 0.6) is 5.75 Å². The van der Waals surface area contributed by atoms with Gasteiger partial charge in [0.25, 0.3) is 10.0 Å². The average molecular weight is 326 g/mol. The maximum atomic E-state index is 13.1. The molecule has 0 amide bonds. The number of methoxy groups -OCH3 is 1. The van der Waals surface area contributed by atoms with Crippen LogP contribution >= 0.6 is 0 Å². The number of nitro benzene ring substituents is 1. The summed E-state index contributed by atoms with van der Waals surface area (Å²) in [5, 5.41) is 10.9. The highest BCUT2D eigenvalue weighted by Crippen LogP contribution is 2.30. The van der Waals surface area contributed by atoms with E-state index >= 15 is 0 Å². The lowest BCUT2D eigenvalue weighted by Gasteiger charge is -2.09. The van der Waals surface area contributed by atoms with Crippen LogP contribution in [0.3, 0.4) is 0 Å². The molecular weight excluding hydrogens is 315 g/mol. The molecule has 1 N–H and O–H groups in total. The van der Waals surface area contributed by atoms with Crippen LogP contribution in [-0.2, 0) is 10.0 Å². The molecule has 0 aliphatic carbocycles. The molecule has 0 saturated heterocycles. The van der Waals surface area contributed by atoms with E-state index in [0.29, 0.717) is 0 Å². The van der Waals surface area contributed by atoms with Crippen LogP contribution in [0.4, 0.5) is 15.8 Å². The van der Waals surface area contributed by atoms with E-state index in [0.717, 1.165) is 24.3 Å². The summed E-state index contributed by atoms with van der Waals surface area (Å²) in [6.07, 6.45) is 0. The van der Waals surface area contributed by atoms with Crippen LogP contribution in [0.25, 0.3) is 0 Å². The van der Waals surface area contributed by atoms with Crippen molar-refractivity contribution in [2.45, 2.75) is 4.90 Å². The Balaban J connectivity index is 2.41. The number of nitro groups is 1. The van der Waals surface area contributed by atoms with Gasteiger partial charge in [-0.25, -0.2) is 12.8 Å². The van der Waals surface area contributed by atoms with E-state index in [1.165, 1.54) is 25.3 Å². The Morgan fingerprint density at radius 2 is 1.95 bits per heavy atom. The summed E-state index contributed by atoms with van der Waals surface area (Å²) in [7, 11) is -2.85. The molecule has 0 fully saturated rings. The zero-order valence-electron chi connectivity index (χ0n) is 11.3. The van der Waals surface area contributed by atoms with E-state index < -0.39 is 26.5 Å². The lowest BCUT2D eigenvalue weighted by atomic mass is 10.3. The molecule has 0 aliphatic rings. The number of ether oxygens (including phenoxy) is 1. The second-order valence-corrected chi connectivity index (χ2v) is 5.89. The molecule has 0 saturated carbocycles. The van der Waals surface area contributed by atoms with Crippen molar-refractivity contribution in [2.75, 3.05) is 11.8 Å². The van der Waals surface area contributed by atoms with Gasteiger partial charge in [0.05, 0.1) is 22.6 Å². The molecule has 0 aromatic heterocycles. The number of nitrogens with one attached hydrogen (secondary N) is 1. The number of nitrogens with zero attached hydrogens (tertiary/aromatic N) is 1. The van der Waals surface area contributed by atoms with E-state index in [9.17, 15) is 22.9 Å². The van der Waals surface area contributed by atoms with E-state index in [1.54, 1.807) is 0 Å². The van der Waals surface area contributed by atoms with Gasteiger partial charge in [0.1, 0.15) is 5.82 Å². The van der Waals surface area contributed by atoms with Gasteiger partial charge in [-0.2, -0.15) is 0 Å². The number of hydrogen-bond donors (Lipinski definition) is 1. The summed E-state index contributed by atoms with van der Waals surface area (Å²) in [6, 6.07) is 8.07. The van der Waals surface area contributed by atoms with Crippen molar-refractivity contribution in [2.24, 2.45) is 0 Å². The number of halogens is 1. The third-order valence-corrected chi connectivity index (χ3v) is 4.11. The summed E-state index contributed by atoms with van der Waals surface area (Å²) >= 11 is 0. The Kier molecular flexibility index (Phi) is 4.27. The SMILES string of the molecule is COc1ccc(S(=O)(=O)Nc2cccc(F)c2)cc1[N+](=O)[O-]. The van der Waals surface area contributed by atoms with Crippen molar-refractivity contribution >= 4 is 21.4 Å². The first kappa shape index (κ1) is 15.7. The van der Waals surface area contributed by atoms with Gasteiger partial charge in [0.15, 0.2) is 5.75 Å². The zero-order valence-corrected chi connectivity index (χ0v) is 12.1. The monoisotopic (exact) mass is 326 g/mol. The van der Waals surface area contributed by atoms with Crippen LogP contribution < -0.4 is 9.46 Å². The summed E-state index contributed by atoms with van der Waals surface area (Å²) in [5.41, 5.74) is -0.469. The maximum Gasteiger partial charge on any atom is 0.312 e. The molecule has 2 aromatic rings. The molecule has 116 valence electrons. The lowest BCUT2D eigenvalue weighted by molar-refractivity contribution is -0.386. The van der Waals surface area contributed by atoms with Crippen molar-refractivity contribution < 1.29 is 22.5 Å². The summed E-state index contributed by atoms with van der Waals surface area (Å²) in [4.78, 5) is 9.84. The van der Waals surface area contributed by atoms with Gasteiger partial charge in [-0.1, -0.05) is 6.07 Å². The van der Waals surface area contributed by atoms with Gasteiger partial charge < -0.3 is 4.74 Å². The first-order valence-corrected chi connectivity index (χ1v) is 7.42. The van der Waals surface area contributed by atoms with Crippen molar-refractivity contribution in [1.82, 2.24) is 0 Å². The Bertz CT molecular complexity index is 823.